The molecular formula is C24H24Cl4O6. The summed E-state index contributed by atoms with van der Waals surface area (Å²) in [6, 6.07) is 10.3. The van der Waals surface area contributed by atoms with E-state index in [2.05, 4.69) is 13.8 Å². The van der Waals surface area contributed by atoms with E-state index in [1.807, 2.05) is 0 Å². The third-order valence-corrected chi connectivity index (χ3v) is 6.97. The van der Waals surface area contributed by atoms with Crippen molar-refractivity contribution >= 4 is 46.4 Å². The van der Waals surface area contributed by atoms with Crippen LogP contribution in [0.15, 0.2) is 36.4 Å². The fourth-order valence-corrected chi connectivity index (χ4v) is 5.13. The van der Waals surface area contributed by atoms with Crippen LogP contribution >= 0.6 is 46.4 Å². The first-order valence-electron chi connectivity index (χ1n) is 10.8. The van der Waals surface area contributed by atoms with Crippen LogP contribution in [0, 0.1) is 10.8 Å². The predicted octanol–water partition coefficient (Wildman–Crippen LogP) is 6.37. The minimum Gasteiger partial charge on any atom is -0.323 e. The van der Waals surface area contributed by atoms with Gasteiger partial charge in [-0.3, -0.25) is 0 Å². The fourth-order valence-electron chi connectivity index (χ4n) is 4.08. The first kappa shape index (κ1) is 25.0. The molecule has 0 atom stereocenters. The van der Waals surface area contributed by atoms with Crippen molar-refractivity contribution in [2.45, 2.75) is 25.8 Å². The van der Waals surface area contributed by atoms with E-state index in [0.717, 1.165) is 0 Å². The number of benzene rings is 2. The summed E-state index contributed by atoms with van der Waals surface area (Å²) < 4.78 is 34.2. The van der Waals surface area contributed by atoms with Crippen LogP contribution in [0.5, 0.6) is 0 Å². The molecule has 10 heteroatoms. The van der Waals surface area contributed by atoms with E-state index in [1.54, 1.807) is 36.4 Å². The number of fused-ring (bicyclic) bond motifs is 6. The quantitative estimate of drug-likeness (QED) is 0.433. The summed E-state index contributed by atoms with van der Waals surface area (Å²) in [6.45, 7) is 7.79. The van der Waals surface area contributed by atoms with Crippen molar-refractivity contribution in [1.29, 1.82) is 0 Å². The summed E-state index contributed by atoms with van der Waals surface area (Å²) in [5.74, 6) is -2.27. The van der Waals surface area contributed by atoms with Crippen LogP contribution in [0.2, 0.25) is 20.1 Å². The van der Waals surface area contributed by atoms with Crippen molar-refractivity contribution in [3.63, 3.8) is 0 Å². The van der Waals surface area contributed by atoms with Gasteiger partial charge < -0.3 is 28.4 Å². The van der Waals surface area contributed by atoms with Crippen LogP contribution in [0.25, 0.3) is 0 Å². The second kappa shape index (κ2) is 9.03. The molecule has 0 spiro atoms. The summed E-state index contributed by atoms with van der Waals surface area (Å²) in [5, 5.41) is 2.15. The smallest absolute Gasteiger partial charge is 0.312 e. The molecule has 6 saturated heterocycles. The molecule has 0 aromatic heterocycles. The van der Waals surface area contributed by atoms with Crippen molar-refractivity contribution in [3.05, 3.63) is 67.6 Å². The highest BCUT2D eigenvalue weighted by molar-refractivity contribution is 6.35. The molecule has 2 aromatic rings. The first-order valence-corrected chi connectivity index (χ1v) is 12.3. The maximum Gasteiger partial charge on any atom is 0.312 e. The second-order valence-electron chi connectivity index (χ2n) is 9.78. The molecule has 6 aliphatic heterocycles. The molecular weight excluding hydrogens is 526 g/mol. The molecule has 0 amide bonds. The van der Waals surface area contributed by atoms with Gasteiger partial charge in [0.15, 0.2) is 0 Å². The van der Waals surface area contributed by atoms with Crippen molar-refractivity contribution < 1.29 is 28.4 Å². The molecule has 0 aliphatic carbocycles. The average Bonchev–Trinajstić information content (AvgIpc) is 2.80. The third-order valence-electron chi connectivity index (χ3n) is 6.10. The Hall–Kier alpha value is -0.640. The van der Waals surface area contributed by atoms with Gasteiger partial charge in [0, 0.05) is 42.0 Å². The van der Waals surface area contributed by atoms with E-state index in [1.165, 1.54) is 0 Å². The molecule has 6 fully saturated rings. The molecule has 2 aromatic carbocycles. The van der Waals surface area contributed by atoms with E-state index < -0.39 is 11.9 Å². The molecule has 34 heavy (non-hydrogen) atoms. The Kier molecular flexibility index (Phi) is 6.65. The monoisotopic (exact) mass is 548 g/mol. The lowest BCUT2D eigenvalue weighted by Gasteiger charge is -2.50. The highest BCUT2D eigenvalue weighted by Gasteiger charge is 2.52. The second-order valence-corrected chi connectivity index (χ2v) is 11.5. The van der Waals surface area contributed by atoms with Gasteiger partial charge >= 0.3 is 11.9 Å². The summed E-state index contributed by atoms with van der Waals surface area (Å²) >= 11 is 23.9. The van der Waals surface area contributed by atoms with Crippen LogP contribution in [0.4, 0.5) is 0 Å². The Morgan fingerprint density at radius 2 is 0.706 bits per heavy atom. The van der Waals surface area contributed by atoms with Crippen LogP contribution in [0.1, 0.15) is 25.0 Å². The Bertz CT molecular complexity index is 918. The number of rotatable bonds is 2. The van der Waals surface area contributed by atoms with Gasteiger partial charge in [-0.15, -0.1) is 0 Å². The van der Waals surface area contributed by atoms with Crippen LogP contribution in [-0.2, 0) is 40.4 Å². The van der Waals surface area contributed by atoms with Gasteiger partial charge in [-0.2, -0.15) is 0 Å². The normalized spacial score (nSPS) is 36.2. The zero-order chi connectivity index (χ0) is 24.2. The highest BCUT2D eigenvalue weighted by atomic mass is 35.5. The molecule has 184 valence electrons. The molecule has 6 heterocycles. The Balaban J connectivity index is 0.000000142. The molecule has 6 nitrogen and oxygen atoms in total. The van der Waals surface area contributed by atoms with Gasteiger partial charge in [0.05, 0.1) is 39.6 Å². The molecule has 4 bridgehead atoms. The van der Waals surface area contributed by atoms with Gasteiger partial charge in [0.2, 0.25) is 0 Å². The zero-order valence-corrected chi connectivity index (χ0v) is 21.7. The minimum atomic E-state index is -1.13. The van der Waals surface area contributed by atoms with Gasteiger partial charge in [0.1, 0.15) is 0 Å². The Labute approximate surface area is 218 Å². The van der Waals surface area contributed by atoms with Gasteiger partial charge in [-0.1, -0.05) is 60.3 Å². The molecule has 0 saturated carbocycles. The van der Waals surface area contributed by atoms with E-state index in [0.29, 0.717) is 70.9 Å². The van der Waals surface area contributed by atoms with Crippen molar-refractivity contribution in [2.24, 2.45) is 10.8 Å². The molecule has 0 N–H and O–H groups in total. The number of halogens is 4. The van der Waals surface area contributed by atoms with Crippen molar-refractivity contribution in [2.75, 3.05) is 39.6 Å². The lowest BCUT2D eigenvalue weighted by Crippen LogP contribution is -2.57. The molecule has 6 aliphatic rings. The van der Waals surface area contributed by atoms with Crippen LogP contribution in [-0.4, -0.2) is 39.6 Å². The van der Waals surface area contributed by atoms with Gasteiger partial charge in [-0.25, -0.2) is 0 Å². The highest BCUT2D eigenvalue weighted by Crippen LogP contribution is 2.46. The topological polar surface area (TPSA) is 55.4 Å². The molecule has 8 rings (SSSR count). The largest absolute Gasteiger partial charge is 0.323 e. The van der Waals surface area contributed by atoms with Gasteiger partial charge in [-0.05, 0) is 36.4 Å². The average molecular weight is 550 g/mol. The molecule has 0 radical (unpaired) electrons. The zero-order valence-electron chi connectivity index (χ0n) is 18.7. The van der Waals surface area contributed by atoms with Gasteiger partial charge in [0.25, 0.3) is 0 Å². The maximum atomic E-state index is 5.98. The predicted molar refractivity (Wildman–Crippen MR) is 128 cm³/mol. The van der Waals surface area contributed by atoms with Crippen LogP contribution in [0.3, 0.4) is 0 Å². The number of ether oxygens (including phenoxy) is 6. The lowest BCUT2D eigenvalue weighted by atomic mass is 9.91. The van der Waals surface area contributed by atoms with E-state index in [9.17, 15) is 0 Å². The third kappa shape index (κ3) is 4.83. The SMILES string of the molecule is CC12COC(c3cc(Cl)cc(Cl)c3)(OC1)OC2.CC12COC(c3cc(Cl)cc(Cl)c3)(OC1)OC2. The van der Waals surface area contributed by atoms with E-state index in [4.69, 9.17) is 74.8 Å². The molecule has 0 unspecified atom stereocenters. The summed E-state index contributed by atoms with van der Waals surface area (Å²) in [5.41, 5.74) is 1.31. The fraction of sp³-hybridized carbons (Fsp3) is 0.500. The van der Waals surface area contributed by atoms with Crippen molar-refractivity contribution in [3.8, 4) is 0 Å². The summed E-state index contributed by atoms with van der Waals surface area (Å²) in [6.07, 6.45) is 0. The maximum absolute atomic E-state index is 5.98. The Morgan fingerprint density at radius 3 is 0.941 bits per heavy atom. The summed E-state index contributed by atoms with van der Waals surface area (Å²) in [4.78, 5) is 0. The van der Waals surface area contributed by atoms with E-state index >= 15 is 0 Å². The van der Waals surface area contributed by atoms with Crippen molar-refractivity contribution in [1.82, 2.24) is 0 Å². The summed E-state index contributed by atoms with van der Waals surface area (Å²) in [7, 11) is 0. The Morgan fingerprint density at radius 1 is 0.471 bits per heavy atom. The number of hydrogen-bond acceptors (Lipinski definition) is 6. The minimum absolute atomic E-state index is 0.0515. The van der Waals surface area contributed by atoms with E-state index in [-0.39, 0.29) is 10.8 Å². The lowest BCUT2D eigenvalue weighted by molar-refractivity contribution is -0.477. The standard InChI is InChI=1S/2C12H12Cl2O3/c2*1-11-5-15-12(16-6-11,17-7-11)8-2-9(13)4-10(14)3-8/h2*2-4H,5-7H2,1H3. The number of hydrogen-bond donors (Lipinski definition) is 0. The first-order chi connectivity index (χ1) is 16.0. The van der Waals surface area contributed by atoms with Crippen LogP contribution < -0.4 is 0 Å².